The van der Waals surface area contributed by atoms with Crippen LogP contribution in [-0.2, 0) is 39.6 Å². The summed E-state index contributed by atoms with van der Waals surface area (Å²) in [6, 6.07) is 11.5. The molecule has 0 amide bonds. The van der Waals surface area contributed by atoms with E-state index in [0.29, 0.717) is 12.1 Å². The third-order valence-electron chi connectivity index (χ3n) is 4.66. The van der Waals surface area contributed by atoms with Crippen molar-refractivity contribution in [2.75, 3.05) is 19.1 Å². The molecule has 0 aliphatic carbocycles. The number of nitrogens with zero attached hydrogens (tertiary/aromatic N) is 1. The summed E-state index contributed by atoms with van der Waals surface area (Å²) < 4.78 is 48.5. The van der Waals surface area contributed by atoms with Crippen molar-refractivity contribution in [1.82, 2.24) is 14.4 Å². The SMILES string of the molecule is CS(=O)(=O)NCc1ccc([N+](=O)[O-])cc1.CS(=O)(=O)NCc1ccc2[nH]cc(CCCO)c2c1. The molecule has 0 saturated heterocycles. The van der Waals surface area contributed by atoms with Crippen molar-refractivity contribution in [2.24, 2.45) is 0 Å². The minimum absolute atomic E-state index is 0.0156. The maximum Gasteiger partial charge on any atom is 0.269 e. The average Bonchev–Trinajstić information content (AvgIpc) is 3.17. The lowest BCUT2D eigenvalue weighted by Crippen LogP contribution is -2.21. The Morgan fingerprint density at radius 1 is 0.941 bits per heavy atom. The lowest BCUT2D eigenvalue weighted by molar-refractivity contribution is -0.384. The van der Waals surface area contributed by atoms with Crippen LogP contribution in [-0.4, -0.2) is 51.0 Å². The number of benzene rings is 2. The molecule has 0 aliphatic heterocycles. The zero-order valence-corrected chi connectivity index (χ0v) is 20.4. The first-order valence-corrected chi connectivity index (χ1v) is 14.0. The van der Waals surface area contributed by atoms with Gasteiger partial charge in [-0.3, -0.25) is 10.1 Å². The van der Waals surface area contributed by atoms with Gasteiger partial charge in [0.05, 0.1) is 17.4 Å². The number of nitro benzene ring substituents is 1. The fourth-order valence-electron chi connectivity index (χ4n) is 2.98. The molecule has 0 saturated carbocycles. The van der Waals surface area contributed by atoms with E-state index in [2.05, 4.69) is 14.4 Å². The number of non-ortho nitro benzene ring substituents is 1. The Bertz CT molecular complexity index is 1320. The Hall–Kier alpha value is -2.84. The molecule has 0 fully saturated rings. The van der Waals surface area contributed by atoms with Gasteiger partial charge in [0, 0.05) is 48.9 Å². The third-order valence-corrected chi connectivity index (χ3v) is 6.00. The molecule has 0 bridgehead atoms. The maximum atomic E-state index is 11.1. The van der Waals surface area contributed by atoms with Gasteiger partial charge in [-0.1, -0.05) is 18.2 Å². The average molecular weight is 513 g/mol. The van der Waals surface area contributed by atoms with Crippen LogP contribution in [0.5, 0.6) is 0 Å². The lowest BCUT2D eigenvalue weighted by atomic mass is 10.1. The number of aromatic amines is 1. The number of aliphatic hydroxyl groups excluding tert-OH is 1. The van der Waals surface area contributed by atoms with E-state index in [1.54, 1.807) is 0 Å². The van der Waals surface area contributed by atoms with Crippen molar-refractivity contribution >= 4 is 36.6 Å². The first-order valence-electron chi connectivity index (χ1n) is 10.2. The molecule has 0 aliphatic rings. The van der Waals surface area contributed by atoms with Crippen molar-refractivity contribution < 1.29 is 26.9 Å². The van der Waals surface area contributed by atoms with E-state index in [1.807, 2.05) is 24.4 Å². The van der Waals surface area contributed by atoms with Gasteiger partial charge in [0.25, 0.3) is 5.69 Å². The summed E-state index contributed by atoms with van der Waals surface area (Å²) in [5.41, 5.74) is 3.74. The number of H-pyrrole nitrogens is 1. The fraction of sp³-hybridized carbons (Fsp3) is 0.333. The van der Waals surface area contributed by atoms with Gasteiger partial charge in [0.15, 0.2) is 0 Å². The molecule has 4 N–H and O–H groups in total. The molecule has 0 unspecified atom stereocenters. The maximum absolute atomic E-state index is 11.1. The van der Waals surface area contributed by atoms with E-state index in [-0.39, 0.29) is 18.8 Å². The molecular formula is C21H28N4O7S2. The minimum Gasteiger partial charge on any atom is -0.396 e. The summed E-state index contributed by atoms with van der Waals surface area (Å²) in [5.74, 6) is 0. The number of hydrogen-bond acceptors (Lipinski definition) is 7. The van der Waals surface area contributed by atoms with E-state index in [9.17, 15) is 26.9 Å². The van der Waals surface area contributed by atoms with E-state index in [1.165, 1.54) is 24.3 Å². The Balaban J connectivity index is 0.000000248. The third kappa shape index (κ3) is 9.57. The van der Waals surface area contributed by atoms with Crippen LogP contribution in [0.2, 0.25) is 0 Å². The zero-order chi connectivity index (χ0) is 25.4. The molecule has 0 atom stereocenters. The van der Waals surface area contributed by atoms with Crippen LogP contribution in [0, 0.1) is 10.1 Å². The second-order valence-corrected chi connectivity index (χ2v) is 11.3. The first-order chi connectivity index (χ1) is 15.9. The number of fused-ring (bicyclic) bond motifs is 1. The summed E-state index contributed by atoms with van der Waals surface area (Å²) in [5, 5.41) is 20.3. The van der Waals surface area contributed by atoms with Gasteiger partial charge in [-0.05, 0) is 41.7 Å². The number of nitrogens with one attached hydrogen (secondary N) is 3. The van der Waals surface area contributed by atoms with Crippen molar-refractivity contribution in [3.05, 3.63) is 75.5 Å². The molecule has 0 radical (unpaired) electrons. The minimum atomic E-state index is -3.23. The van der Waals surface area contributed by atoms with Gasteiger partial charge in [-0.15, -0.1) is 0 Å². The Labute approximate surface area is 198 Å². The summed E-state index contributed by atoms with van der Waals surface area (Å²) in [7, 11) is -6.41. The number of nitro groups is 1. The van der Waals surface area contributed by atoms with Crippen molar-refractivity contribution in [1.29, 1.82) is 0 Å². The van der Waals surface area contributed by atoms with Gasteiger partial charge in [-0.25, -0.2) is 26.3 Å². The zero-order valence-electron chi connectivity index (χ0n) is 18.8. The highest BCUT2D eigenvalue weighted by molar-refractivity contribution is 7.88. The molecular weight excluding hydrogens is 484 g/mol. The van der Waals surface area contributed by atoms with Crippen LogP contribution in [0.4, 0.5) is 5.69 Å². The van der Waals surface area contributed by atoms with Crippen LogP contribution in [0.15, 0.2) is 48.7 Å². The van der Waals surface area contributed by atoms with E-state index in [4.69, 9.17) is 5.11 Å². The van der Waals surface area contributed by atoms with E-state index < -0.39 is 25.0 Å². The predicted molar refractivity (Wildman–Crippen MR) is 130 cm³/mol. The normalized spacial score (nSPS) is 11.7. The predicted octanol–water partition coefficient (Wildman–Crippen LogP) is 1.79. The summed E-state index contributed by atoms with van der Waals surface area (Å²) in [6.07, 6.45) is 5.67. The highest BCUT2D eigenvalue weighted by atomic mass is 32.2. The Morgan fingerprint density at radius 3 is 2.03 bits per heavy atom. The number of aryl methyl sites for hydroxylation is 1. The van der Waals surface area contributed by atoms with Gasteiger partial charge in [0.2, 0.25) is 20.0 Å². The molecule has 1 heterocycles. The van der Waals surface area contributed by atoms with Gasteiger partial charge in [0.1, 0.15) is 0 Å². The Morgan fingerprint density at radius 2 is 1.50 bits per heavy atom. The van der Waals surface area contributed by atoms with Gasteiger partial charge in [-0.2, -0.15) is 0 Å². The van der Waals surface area contributed by atoms with Crippen LogP contribution in [0.3, 0.4) is 0 Å². The number of sulfonamides is 2. The summed E-state index contributed by atoms with van der Waals surface area (Å²) in [4.78, 5) is 13.0. The van der Waals surface area contributed by atoms with Crippen LogP contribution in [0.25, 0.3) is 10.9 Å². The van der Waals surface area contributed by atoms with Crippen LogP contribution in [0.1, 0.15) is 23.1 Å². The topological polar surface area (TPSA) is 171 Å². The molecule has 186 valence electrons. The second-order valence-electron chi connectivity index (χ2n) is 7.63. The van der Waals surface area contributed by atoms with E-state index >= 15 is 0 Å². The quantitative estimate of drug-likeness (QED) is 0.237. The smallest absolute Gasteiger partial charge is 0.269 e. The summed E-state index contributed by atoms with van der Waals surface area (Å²) >= 11 is 0. The standard InChI is InChI=1S/C13H18N2O3S.C8H10N2O4S/c1-19(17,18)15-8-10-4-5-13-12(7-10)11(9-14-13)3-2-6-16;1-15(13,14)9-6-7-2-4-8(5-3-7)10(11)12/h4-5,7,9,14-16H,2-3,6,8H2,1H3;2-5,9H,6H2,1H3. The highest BCUT2D eigenvalue weighted by Crippen LogP contribution is 2.21. The number of hydrogen-bond donors (Lipinski definition) is 4. The largest absolute Gasteiger partial charge is 0.396 e. The molecule has 13 heteroatoms. The molecule has 34 heavy (non-hydrogen) atoms. The molecule has 3 rings (SSSR count). The van der Waals surface area contributed by atoms with E-state index in [0.717, 1.165) is 47.4 Å². The lowest BCUT2D eigenvalue weighted by Gasteiger charge is -2.04. The Kier molecular flexibility index (Phi) is 9.70. The highest BCUT2D eigenvalue weighted by Gasteiger charge is 2.07. The molecule has 2 aromatic carbocycles. The monoisotopic (exact) mass is 512 g/mol. The van der Waals surface area contributed by atoms with Gasteiger partial charge >= 0.3 is 0 Å². The first kappa shape index (κ1) is 27.4. The van der Waals surface area contributed by atoms with Gasteiger partial charge < -0.3 is 10.1 Å². The second kappa shape index (κ2) is 12.0. The van der Waals surface area contributed by atoms with Crippen LogP contribution < -0.4 is 9.44 Å². The molecule has 0 spiro atoms. The molecule has 1 aromatic heterocycles. The molecule has 11 nitrogen and oxygen atoms in total. The fourth-order valence-corrected chi connectivity index (χ4v) is 3.83. The van der Waals surface area contributed by atoms with Crippen molar-refractivity contribution in [2.45, 2.75) is 25.9 Å². The van der Waals surface area contributed by atoms with Crippen molar-refractivity contribution in [3.63, 3.8) is 0 Å². The number of aromatic nitrogens is 1. The summed E-state index contributed by atoms with van der Waals surface area (Å²) in [6.45, 7) is 0.595. The van der Waals surface area contributed by atoms with Crippen LogP contribution >= 0.6 is 0 Å². The number of rotatable bonds is 10. The molecule has 3 aromatic rings. The number of aliphatic hydroxyl groups is 1. The van der Waals surface area contributed by atoms with Crippen molar-refractivity contribution in [3.8, 4) is 0 Å².